The van der Waals surface area contributed by atoms with Gasteiger partial charge in [0.15, 0.2) is 11.6 Å². The summed E-state index contributed by atoms with van der Waals surface area (Å²) in [5.74, 6) is 0.606. The van der Waals surface area contributed by atoms with Crippen LogP contribution in [0.25, 0.3) is 0 Å². The van der Waals surface area contributed by atoms with Gasteiger partial charge in [-0.3, -0.25) is 4.98 Å². The second-order valence-corrected chi connectivity index (χ2v) is 4.35. The largest absolute Gasteiger partial charge is 0.369 e. The number of rotatable bonds is 5. The summed E-state index contributed by atoms with van der Waals surface area (Å²) in [6, 6.07) is 4.75. The Kier molecular flexibility index (Phi) is 4.52. The molecule has 1 aromatic carbocycles. The maximum Gasteiger partial charge on any atom is 0.165 e. The standard InChI is InChI=1S/C13H14ClFN4/c1-2-6-17-11-7-16-8-12(19-11)18-10-5-3-4-9(14)13(10)15/h3-5,7-8H,2,6H2,1H3,(H2,17,18,19). The van der Waals surface area contributed by atoms with E-state index in [9.17, 15) is 4.39 Å². The predicted octanol–water partition coefficient (Wildman–Crippen LogP) is 3.83. The van der Waals surface area contributed by atoms with Crippen LogP contribution in [0.3, 0.4) is 0 Å². The van der Waals surface area contributed by atoms with Crippen LogP contribution >= 0.6 is 11.6 Å². The Labute approximate surface area is 116 Å². The van der Waals surface area contributed by atoms with Crippen LogP contribution in [0.2, 0.25) is 5.02 Å². The molecule has 2 aromatic rings. The first-order chi connectivity index (χ1) is 9.20. The van der Waals surface area contributed by atoms with Crippen molar-refractivity contribution in [1.82, 2.24) is 9.97 Å². The molecule has 0 atom stereocenters. The van der Waals surface area contributed by atoms with Gasteiger partial charge in [0.05, 0.1) is 23.1 Å². The van der Waals surface area contributed by atoms with Gasteiger partial charge < -0.3 is 10.6 Å². The number of anilines is 3. The Bertz CT molecular complexity index is 562. The van der Waals surface area contributed by atoms with Gasteiger partial charge in [-0.15, -0.1) is 0 Å². The fraction of sp³-hybridized carbons (Fsp3) is 0.231. The fourth-order valence-corrected chi connectivity index (χ4v) is 1.68. The van der Waals surface area contributed by atoms with Gasteiger partial charge in [0.25, 0.3) is 0 Å². The summed E-state index contributed by atoms with van der Waals surface area (Å²) in [4.78, 5) is 8.32. The Morgan fingerprint density at radius 1 is 1.26 bits per heavy atom. The number of hydrogen-bond donors (Lipinski definition) is 2. The molecule has 4 nitrogen and oxygen atoms in total. The quantitative estimate of drug-likeness (QED) is 0.874. The Balaban J connectivity index is 2.16. The van der Waals surface area contributed by atoms with Gasteiger partial charge in [-0.2, -0.15) is 0 Å². The molecule has 0 saturated carbocycles. The Morgan fingerprint density at radius 2 is 2.05 bits per heavy atom. The molecule has 0 aliphatic carbocycles. The summed E-state index contributed by atoms with van der Waals surface area (Å²) in [5.41, 5.74) is 0.273. The van der Waals surface area contributed by atoms with Crippen molar-refractivity contribution in [3.63, 3.8) is 0 Å². The van der Waals surface area contributed by atoms with Crippen molar-refractivity contribution in [3.05, 3.63) is 41.4 Å². The molecule has 6 heteroatoms. The Hall–Kier alpha value is -1.88. The van der Waals surface area contributed by atoms with Crippen LogP contribution in [0.15, 0.2) is 30.6 Å². The number of aromatic nitrogens is 2. The lowest BCUT2D eigenvalue weighted by atomic mass is 10.3. The highest BCUT2D eigenvalue weighted by Gasteiger charge is 2.07. The monoisotopic (exact) mass is 280 g/mol. The smallest absolute Gasteiger partial charge is 0.165 e. The maximum absolute atomic E-state index is 13.7. The van der Waals surface area contributed by atoms with Crippen LogP contribution < -0.4 is 10.6 Å². The van der Waals surface area contributed by atoms with E-state index in [0.29, 0.717) is 11.6 Å². The third kappa shape index (κ3) is 3.54. The summed E-state index contributed by atoms with van der Waals surface area (Å²) in [6.07, 6.45) is 4.13. The highest BCUT2D eigenvalue weighted by Crippen LogP contribution is 2.24. The van der Waals surface area contributed by atoms with Crippen molar-refractivity contribution in [2.24, 2.45) is 0 Å². The zero-order chi connectivity index (χ0) is 13.7. The molecule has 0 bridgehead atoms. The van der Waals surface area contributed by atoms with Crippen LogP contribution in [0.4, 0.5) is 21.7 Å². The van der Waals surface area contributed by atoms with E-state index >= 15 is 0 Å². The van der Waals surface area contributed by atoms with Crippen LogP contribution in [0.1, 0.15) is 13.3 Å². The van der Waals surface area contributed by atoms with Gasteiger partial charge in [-0.1, -0.05) is 24.6 Å². The second kappa shape index (κ2) is 6.33. The van der Waals surface area contributed by atoms with E-state index in [0.717, 1.165) is 13.0 Å². The Morgan fingerprint density at radius 3 is 2.84 bits per heavy atom. The molecule has 19 heavy (non-hydrogen) atoms. The van der Waals surface area contributed by atoms with E-state index in [1.165, 1.54) is 12.3 Å². The molecular weight excluding hydrogens is 267 g/mol. The predicted molar refractivity (Wildman–Crippen MR) is 75.5 cm³/mol. The van der Waals surface area contributed by atoms with E-state index in [2.05, 4.69) is 27.5 Å². The molecule has 0 saturated heterocycles. The van der Waals surface area contributed by atoms with Gasteiger partial charge in [-0.05, 0) is 18.6 Å². The second-order valence-electron chi connectivity index (χ2n) is 3.94. The molecule has 2 N–H and O–H groups in total. The van der Waals surface area contributed by atoms with E-state index < -0.39 is 5.82 Å². The molecule has 0 fully saturated rings. The van der Waals surface area contributed by atoms with Crippen LogP contribution in [-0.4, -0.2) is 16.5 Å². The van der Waals surface area contributed by atoms with Gasteiger partial charge in [0.2, 0.25) is 0 Å². The molecule has 0 aliphatic rings. The van der Waals surface area contributed by atoms with E-state index in [-0.39, 0.29) is 10.7 Å². The highest BCUT2D eigenvalue weighted by molar-refractivity contribution is 6.31. The molecule has 1 aromatic heterocycles. The van der Waals surface area contributed by atoms with Crippen molar-refractivity contribution < 1.29 is 4.39 Å². The lowest BCUT2D eigenvalue weighted by Crippen LogP contribution is -2.04. The fourth-order valence-electron chi connectivity index (χ4n) is 1.50. The maximum atomic E-state index is 13.7. The molecule has 0 spiro atoms. The molecule has 0 radical (unpaired) electrons. The molecule has 0 aliphatic heterocycles. The molecule has 100 valence electrons. The number of halogens is 2. The van der Waals surface area contributed by atoms with Crippen LogP contribution in [0, 0.1) is 5.82 Å². The first-order valence-electron chi connectivity index (χ1n) is 5.97. The number of nitrogens with one attached hydrogen (secondary N) is 2. The van der Waals surface area contributed by atoms with Gasteiger partial charge in [-0.25, -0.2) is 9.37 Å². The van der Waals surface area contributed by atoms with Crippen LogP contribution in [-0.2, 0) is 0 Å². The minimum absolute atomic E-state index is 0.0678. The molecule has 0 amide bonds. The third-order valence-corrected chi connectivity index (χ3v) is 2.70. The topological polar surface area (TPSA) is 49.8 Å². The lowest BCUT2D eigenvalue weighted by Gasteiger charge is -2.09. The average molecular weight is 281 g/mol. The zero-order valence-corrected chi connectivity index (χ0v) is 11.2. The summed E-state index contributed by atoms with van der Waals surface area (Å²) < 4.78 is 13.7. The minimum Gasteiger partial charge on any atom is -0.369 e. The number of nitrogens with zero attached hydrogens (tertiary/aromatic N) is 2. The van der Waals surface area contributed by atoms with E-state index in [1.807, 2.05) is 0 Å². The van der Waals surface area contributed by atoms with Gasteiger partial charge >= 0.3 is 0 Å². The van der Waals surface area contributed by atoms with Crippen molar-refractivity contribution in [2.75, 3.05) is 17.2 Å². The zero-order valence-electron chi connectivity index (χ0n) is 10.5. The summed E-state index contributed by atoms with van der Waals surface area (Å²) >= 11 is 5.72. The first kappa shape index (κ1) is 13.5. The van der Waals surface area contributed by atoms with E-state index in [4.69, 9.17) is 11.6 Å². The summed E-state index contributed by atoms with van der Waals surface area (Å²) in [7, 11) is 0. The number of hydrogen-bond acceptors (Lipinski definition) is 4. The third-order valence-electron chi connectivity index (χ3n) is 2.40. The summed E-state index contributed by atoms with van der Waals surface area (Å²) in [5, 5.41) is 6.04. The van der Waals surface area contributed by atoms with Crippen molar-refractivity contribution in [2.45, 2.75) is 13.3 Å². The normalized spacial score (nSPS) is 10.3. The van der Waals surface area contributed by atoms with Gasteiger partial charge in [0.1, 0.15) is 5.82 Å². The van der Waals surface area contributed by atoms with Gasteiger partial charge in [0, 0.05) is 6.54 Å². The summed E-state index contributed by atoms with van der Waals surface area (Å²) in [6.45, 7) is 2.87. The van der Waals surface area contributed by atoms with Crippen LogP contribution in [0.5, 0.6) is 0 Å². The first-order valence-corrected chi connectivity index (χ1v) is 6.35. The molecule has 2 rings (SSSR count). The molecule has 0 unspecified atom stereocenters. The highest BCUT2D eigenvalue weighted by atomic mass is 35.5. The van der Waals surface area contributed by atoms with Crippen molar-refractivity contribution in [1.29, 1.82) is 0 Å². The SMILES string of the molecule is CCCNc1cncc(Nc2cccc(Cl)c2F)n1. The molecular formula is C13H14ClFN4. The lowest BCUT2D eigenvalue weighted by molar-refractivity contribution is 0.632. The molecule has 1 heterocycles. The number of benzene rings is 1. The minimum atomic E-state index is -0.502. The van der Waals surface area contributed by atoms with Crippen molar-refractivity contribution >= 4 is 28.9 Å². The van der Waals surface area contributed by atoms with Crippen molar-refractivity contribution in [3.8, 4) is 0 Å². The van der Waals surface area contributed by atoms with E-state index in [1.54, 1.807) is 18.3 Å². The average Bonchev–Trinajstić information content (AvgIpc) is 2.42.